The third kappa shape index (κ3) is 3.66. The van der Waals surface area contributed by atoms with Crippen LogP contribution in [0.25, 0.3) is 17.2 Å². The molecule has 29 heavy (non-hydrogen) atoms. The van der Waals surface area contributed by atoms with Gasteiger partial charge in [-0.2, -0.15) is 9.50 Å². The number of aromatic nitrogens is 6. The Balaban J connectivity index is 1.39. The van der Waals surface area contributed by atoms with E-state index in [9.17, 15) is 4.79 Å². The van der Waals surface area contributed by atoms with Crippen molar-refractivity contribution in [3.63, 3.8) is 0 Å². The maximum atomic E-state index is 12.6. The zero-order valence-electron chi connectivity index (χ0n) is 15.9. The van der Waals surface area contributed by atoms with E-state index in [0.717, 1.165) is 42.8 Å². The van der Waals surface area contributed by atoms with Crippen LogP contribution in [0, 0.1) is 0 Å². The van der Waals surface area contributed by atoms with Gasteiger partial charge in [-0.05, 0) is 25.5 Å². The maximum Gasteiger partial charge on any atom is 0.274 e. The molecule has 4 aromatic rings. The molecule has 1 aliphatic rings. The predicted octanol–water partition coefficient (Wildman–Crippen LogP) is 2.08. The van der Waals surface area contributed by atoms with E-state index >= 15 is 0 Å². The van der Waals surface area contributed by atoms with Crippen LogP contribution in [-0.4, -0.2) is 47.0 Å². The SMILES string of the molecule is O=c1cc(CN2CCCC2Cc2ccncn2)nc2nc(-c3ccccc3)[nH]n12. The Labute approximate surface area is 167 Å². The van der Waals surface area contributed by atoms with Crippen LogP contribution in [0.3, 0.4) is 0 Å². The first-order valence-corrected chi connectivity index (χ1v) is 9.79. The van der Waals surface area contributed by atoms with E-state index in [1.54, 1.807) is 18.6 Å². The van der Waals surface area contributed by atoms with Crippen molar-refractivity contribution in [1.29, 1.82) is 0 Å². The van der Waals surface area contributed by atoms with E-state index in [1.807, 2.05) is 36.4 Å². The number of nitrogens with one attached hydrogen (secondary N) is 1. The van der Waals surface area contributed by atoms with Crippen molar-refractivity contribution in [3.8, 4) is 11.4 Å². The summed E-state index contributed by atoms with van der Waals surface area (Å²) in [7, 11) is 0. The average molecular weight is 387 g/mol. The van der Waals surface area contributed by atoms with E-state index in [4.69, 9.17) is 0 Å². The maximum absolute atomic E-state index is 12.6. The number of H-pyrrole nitrogens is 1. The third-order valence-corrected chi connectivity index (χ3v) is 5.38. The predicted molar refractivity (Wildman–Crippen MR) is 108 cm³/mol. The van der Waals surface area contributed by atoms with Gasteiger partial charge in [-0.25, -0.2) is 15.0 Å². The Kier molecular flexibility index (Phi) is 4.61. The molecule has 1 unspecified atom stereocenters. The molecular formula is C21H21N7O. The van der Waals surface area contributed by atoms with E-state index in [0.29, 0.717) is 24.2 Å². The fourth-order valence-corrected chi connectivity index (χ4v) is 3.96. The molecule has 1 atom stereocenters. The Hall–Kier alpha value is -3.39. The molecule has 0 aliphatic carbocycles. The van der Waals surface area contributed by atoms with Crippen molar-refractivity contribution >= 4 is 5.78 Å². The Morgan fingerprint density at radius 1 is 1.10 bits per heavy atom. The summed E-state index contributed by atoms with van der Waals surface area (Å²) in [6.07, 6.45) is 6.50. The third-order valence-electron chi connectivity index (χ3n) is 5.38. The minimum atomic E-state index is -0.147. The van der Waals surface area contributed by atoms with Crippen molar-refractivity contribution in [2.45, 2.75) is 31.8 Å². The number of aromatic amines is 1. The first-order chi connectivity index (χ1) is 14.3. The summed E-state index contributed by atoms with van der Waals surface area (Å²) in [5.41, 5.74) is 2.56. The van der Waals surface area contributed by atoms with Crippen LogP contribution in [0.1, 0.15) is 24.2 Å². The monoisotopic (exact) mass is 387 g/mol. The molecule has 1 fully saturated rings. The molecule has 1 aromatic carbocycles. The largest absolute Gasteiger partial charge is 0.294 e. The second kappa shape index (κ2) is 7.56. The summed E-state index contributed by atoms with van der Waals surface area (Å²) in [6.45, 7) is 1.63. The van der Waals surface area contributed by atoms with Crippen LogP contribution in [0.15, 0.2) is 59.8 Å². The smallest absolute Gasteiger partial charge is 0.274 e. The molecule has 8 heteroatoms. The first kappa shape index (κ1) is 17.7. The number of fused-ring (bicyclic) bond motifs is 1. The van der Waals surface area contributed by atoms with E-state index < -0.39 is 0 Å². The van der Waals surface area contributed by atoms with Gasteiger partial charge in [-0.3, -0.25) is 14.8 Å². The Bertz CT molecular complexity index is 1170. The van der Waals surface area contributed by atoms with Gasteiger partial charge in [0.2, 0.25) is 0 Å². The summed E-state index contributed by atoms with van der Waals surface area (Å²) >= 11 is 0. The van der Waals surface area contributed by atoms with E-state index in [2.05, 4.69) is 29.9 Å². The Morgan fingerprint density at radius 3 is 2.83 bits per heavy atom. The van der Waals surface area contributed by atoms with Gasteiger partial charge in [-0.15, -0.1) is 0 Å². The summed E-state index contributed by atoms with van der Waals surface area (Å²) in [5, 5.41) is 3.05. The van der Waals surface area contributed by atoms with Crippen molar-refractivity contribution in [3.05, 3.63) is 76.7 Å². The number of hydrogen-bond donors (Lipinski definition) is 1. The lowest BCUT2D eigenvalue weighted by molar-refractivity contribution is 0.240. The fraction of sp³-hybridized carbons (Fsp3) is 0.286. The van der Waals surface area contributed by atoms with Gasteiger partial charge in [0.25, 0.3) is 11.3 Å². The van der Waals surface area contributed by atoms with E-state index in [1.165, 1.54) is 4.52 Å². The topological polar surface area (TPSA) is 92.1 Å². The summed E-state index contributed by atoms with van der Waals surface area (Å²) in [4.78, 5) is 32.5. The molecule has 4 heterocycles. The molecule has 0 saturated carbocycles. The van der Waals surface area contributed by atoms with Gasteiger partial charge in [0.15, 0.2) is 5.82 Å². The molecule has 0 radical (unpaired) electrons. The van der Waals surface area contributed by atoms with Crippen molar-refractivity contribution in [1.82, 2.24) is 34.4 Å². The highest BCUT2D eigenvalue weighted by Gasteiger charge is 2.26. The number of benzene rings is 1. The van der Waals surface area contributed by atoms with Gasteiger partial charge in [-0.1, -0.05) is 30.3 Å². The van der Waals surface area contributed by atoms with Crippen molar-refractivity contribution in [2.75, 3.05) is 6.54 Å². The number of nitrogens with zero attached hydrogens (tertiary/aromatic N) is 6. The van der Waals surface area contributed by atoms with Gasteiger partial charge in [0.05, 0.1) is 5.69 Å². The minimum Gasteiger partial charge on any atom is -0.294 e. The highest BCUT2D eigenvalue weighted by molar-refractivity contribution is 5.56. The minimum absolute atomic E-state index is 0.147. The quantitative estimate of drug-likeness (QED) is 0.564. The molecule has 146 valence electrons. The van der Waals surface area contributed by atoms with Crippen LogP contribution in [-0.2, 0) is 13.0 Å². The lowest BCUT2D eigenvalue weighted by Crippen LogP contribution is -2.32. The van der Waals surface area contributed by atoms with Gasteiger partial charge >= 0.3 is 0 Å². The second-order valence-electron chi connectivity index (χ2n) is 7.33. The molecule has 1 aliphatic heterocycles. The van der Waals surface area contributed by atoms with Crippen molar-refractivity contribution in [2.24, 2.45) is 0 Å². The first-order valence-electron chi connectivity index (χ1n) is 9.79. The molecule has 0 spiro atoms. The van der Waals surface area contributed by atoms with Gasteiger partial charge in [0, 0.05) is 42.5 Å². The van der Waals surface area contributed by atoms with Crippen LogP contribution in [0.2, 0.25) is 0 Å². The second-order valence-corrected chi connectivity index (χ2v) is 7.33. The molecule has 0 bridgehead atoms. The lowest BCUT2D eigenvalue weighted by Gasteiger charge is -2.23. The van der Waals surface area contributed by atoms with E-state index in [-0.39, 0.29) is 5.56 Å². The van der Waals surface area contributed by atoms with Crippen LogP contribution in [0.4, 0.5) is 0 Å². The highest BCUT2D eigenvalue weighted by Crippen LogP contribution is 2.22. The molecule has 1 saturated heterocycles. The number of likely N-dealkylation sites (tertiary alicyclic amines) is 1. The molecule has 5 rings (SSSR count). The van der Waals surface area contributed by atoms with Crippen LogP contribution >= 0.6 is 0 Å². The molecule has 8 nitrogen and oxygen atoms in total. The standard InChI is InChI=1S/C21H21N7O/c29-19-12-17(13-27-10-4-7-18(27)11-16-8-9-22-14-23-16)24-21-25-20(26-28(19)21)15-5-2-1-3-6-15/h1-3,5-6,8-9,12,14,18H,4,7,10-11,13H2,(H,24,25,26). The zero-order valence-corrected chi connectivity index (χ0v) is 15.9. The number of rotatable bonds is 5. The summed E-state index contributed by atoms with van der Waals surface area (Å²) in [5.74, 6) is 1.04. The molecule has 0 amide bonds. The van der Waals surface area contributed by atoms with Crippen LogP contribution in [0.5, 0.6) is 0 Å². The normalized spacial score (nSPS) is 17.2. The van der Waals surface area contributed by atoms with Crippen LogP contribution < -0.4 is 5.56 Å². The fourth-order valence-electron chi connectivity index (χ4n) is 3.96. The lowest BCUT2D eigenvalue weighted by atomic mass is 10.1. The highest BCUT2D eigenvalue weighted by atomic mass is 16.1. The summed E-state index contributed by atoms with van der Waals surface area (Å²) in [6, 6.07) is 13.7. The Morgan fingerprint density at radius 2 is 2.00 bits per heavy atom. The average Bonchev–Trinajstić information content (AvgIpc) is 3.37. The summed E-state index contributed by atoms with van der Waals surface area (Å²) < 4.78 is 1.40. The zero-order chi connectivity index (χ0) is 19.6. The molecule has 1 N–H and O–H groups in total. The number of hydrogen-bond acceptors (Lipinski definition) is 6. The van der Waals surface area contributed by atoms with Crippen molar-refractivity contribution < 1.29 is 0 Å². The molecular weight excluding hydrogens is 366 g/mol. The van der Waals surface area contributed by atoms with Gasteiger partial charge in [0.1, 0.15) is 6.33 Å². The molecule has 3 aromatic heterocycles. The van der Waals surface area contributed by atoms with Gasteiger partial charge < -0.3 is 0 Å².